The molecule has 29 heavy (non-hydrogen) atoms. The van der Waals surface area contributed by atoms with E-state index in [1.165, 1.54) is 21.1 Å². The number of carbonyl (C=O) groups excluding carboxylic acids is 1. The van der Waals surface area contributed by atoms with Gasteiger partial charge in [0.1, 0.15) is 4.90 Å². The predicted octanol–water partition coefficient (Wildman–Crippen LogP) is 0.748. The molecule has 0 atom stereocenters. The van der Waals surface area contributed by atoms with Gasteiger partial charge >= 0.3 is 23.7 Å². The first-order valence-electron chi connectivity index (χ1n) is 7.50. The Morgan fingerprint density at radius 2 is 2.03 bits per heavy atom. The fourth-order valence-corrected chi connectivity index (χ4v) is 4.90. The molecule has 0 aliphatic heterocycles. The molecule has 0 aliphatic rings. The van der Waals surface area contributed by atoms with Gasteiger partial charge in [-0.15, -0.1) is 32.5 Å². The molecule has 0 saturated carbocycles. The quantitative estimate of drug-likeness (QED) is 0.571. The highest BCUT2D eigenvalue weighted by molar-refractivity contribution is 7.90. The van der Waals surface area contributed by atoms with Gasteiger partial charge in [0.25, 0.3) is 10.0 Å². The van der Waals surface area contributed by atoms with E-state index in [0.717, 1.165) is 21.3 Å². The lowest BCUT2D eigenvalue weighted by Crippen LogP contribution is -2.40. The number of methoxy groups -OCH3 is 1. The van der Waals surface area contributed by atoms with E-state index in [0.29, 0.717) is 0 Å². The number of carboxylic acid groups (broad SMARTS) is 1. The van der Waals surface area contributed by atoms with E-state index in [1.54, 1.807) is 27.8 Å². The molecule has 0 unspecified atom stereocenters. The molecular formula is C14H15N5O7S3. The lowest BCUT2D eigenvalue weighted by Gasteiger charge is -2.06. The lowest BCUT2D eigenvalue weighted by atomic mass is 10.3. The van der Waals surface area contributed by atoms with Crippen molar-refractivity contribution in [1.29, 1.82) is 0 Å². The highest BCUT2D eigenvalue weighted by Gasteiger charge is 2.30. The van der Waals surface area contributed by atoms with Crippen molar-refractivity contribution in [2.24, 2.45) is 7.05 Å². The molecule has 2 N–H and O–H groups in total. The number of thiophene rings is 1. The number of nitrogens with one attached hydrogen (secondary N) is 1. The van der Waals surface area contributed by atoms with E-state index in [-0.39, 0.29) is 15.6 Å². The monoisotopic (exact) mass is 461 g/mol. The number of hydrogen-bond acceptors (Lipinski definition) is 10. The number of carboxylic acids is 1. The molecule has 0 bridgehead atoms. The maximum atomic E-state index is 12.3. The molecular weight excluding hydrogens is 446 g/mol. The number of thiazole rings is 1. The van der Waals surface area contributed by atoms with Gasteiger partial charge in [-0.3, -0.25) is 4.98 Å². The molecule has 0 saturated heterocycles. The van der Waals surface area contributed by atoms with Crippen LogP contribution >= 0.6 is 22.7 Å². The molecule has 3 heterocycles. The van der Waals surface area contributed by atoms with Crippen molar-refractivity contribution in [2.45, 2.75) is 11.8 Å². The summed E-state index contributed by atoms with van der Waals surface area (Å²) < 4.78 is 32.2. The van der Waals surface area contributed by atoms with Crippen molar-refractivity contribution in [3.63, 3.8) is 0 Å². The Morgan fingerprint density at radius 1 is 1.34 bits per heavy atom. The number of aromatic nitrogens is 4. The zero-order chi connectivity index (χ0) is 21.8. The number of aryl methyl sites for hydroxylation is 1. The molecule has 0 radical (unpaired) electrons. The second-order valence-corrected chi connectivity index (χ2v) is 8.62. The third-order valence-corrected chi connectivity index (χ3v) is 6.37. The maximum absolute atomic E-state index is 12.3. The third kappa shape index (κ3) is 4.87. The van der Waals surface area contributed by atoms with Crippen molar-refractivity contribution in [1.82, 2.24) is 24.1 Å². The Kier molecular flexibility index (Phi) is 6.89. The van der Waals surface area contributed by atoms with Crippen LogP contribution in [0.2, 0.25) is 0 Å². The second kappa shape index (κ2) is 8.97. The lowest BCUT2D eigenvalue weighted by molar-refractivity contribution is 0.0693. The van der Waals surface area contributed by atoms with Gasteiger partial charge in [0.2, 0.25) is 0 Å². The number of nitrogens with zero attached hydrogens (tertiary/aromatic N) is 4. The van der Waals surface area contributed by atoms with Gasteiger partial charge in [-0.05, 0) is 6.92 Å². The van der Waals surface area contributed by atoms with Crippen molar-refractivity contribution in [3.05, 3.63) is 43.4 Å². The summed E-state index contributed by atoms with van der Waals surface area (Å²) in [5.41, 5.74) is 0.392. The van der Waals surface area contributed by atoms with Crippen molar-refractivity contribution < 1.29 is 27.9 Å². The Labute approximate surface area is 172 Å². The molecule has 3 rings (SSSR count). The van der Waals surface area contributed by atoms with Gasteiger partial charge in [0, 0.05) is 28.9 Å². The highest BCUT2D eigenvalue weighted by atomic mass is 32.2. The van der Waals surface area contributed by atoms with Gasteiger partial charge in [-0.2, -0.15) is 0 Å². The molecule has 3 aromatic heterocycles. The van der Waals surface area contributed by atoms with Crippen LogP contribution in [0.4, 0.5) is 4.79 Å². The third-order valence-electron chi connectivity index (χ3n) is 3.30. The molecule has 1 amide bonds. The van der Waals surface area contributed by atoms with Gasteiger partial charge in [0.05, 0.1) is 18.2 Å². The van der Waals surface area contributed by atoms with E-state index in [2.05, 4.69) is 10.1 Å². The van der Waals surface area contributed by atoms with E-state index in [4.69, 9.17) is 9.84 Å². The number of aromatic carboxylic acids is 1. The summed E-state index contributed by atoms with van der Waals surface area (Å²) in [5, 5.41) is 15.7. The van der Waals surface area contributed by atoms with E-state index >= 15 is 0 Å². The Hall–Kier alpha value is -3.04. The van der Waals surface area contributed by atoms with Crippen LogP contribution in [0.3, 0.4) is 0 Å². The number of carbonyl (C=O) groups is 2. The summed E-state index contributed by atoms with van der Waals surface area (Å²) in [4.78, 5) is 38.4. The Balaban J connectivity index is 0.000000521. The van der Waals surface area contributed by atoms with Gasteiger partial charge in [-0.25, -0.2) is 32.1 Å². The molecule has 0 aliphatic carbocycles. The summed E-state index contributed by atoms with van der Waals surface area (Å²) in [7, 11) is -2.02. The zero-order valence-electron chi connectivity index (χ0n) is 15.2. The van der Waals surface area contributed by atoms with Crippen LogP contribution < -0.4 is 15.1 Å². The number of amides is 1. The number of hydrogen-bond donors (Lipinski definition) is 2. The van der Waals surface area contributed by atoms with Gasteiger partial charge < -0.3 is 9.84 Å². The van der Waals surface area contributed by atoms with Crippen LogP contribution in [-0.2, 0) is 17.1 Å². The van der Waals surface area contributed by atoms with Crippen molar-refractivity contribution >= 4 is 44.7 Å². The first-order valence-corrected chi connectivity index (χ1v) is 10.8. The van der Waals surface area contributed by atoms with Gasteiger partial charge in [-0.1, -0.05) is 0 Å². The molecule has 0 aromatic carbocycles. The van der Waals surface area contributed by atoms with Crippen molar-refractivity contribution in [2.75, 3.05) is 7.11 Å². The minimum Gasteiger partial charge on any atom is -0.478 e. The van der Waals surface area contributed by atoms with Gasteiger partial charge in [0.15, 0.2) is 0 Å². The van der Waals surface area contributed by atoms with E-state index in [1.807, 2.05) is 5.38 Å². The fourth-order valence-electron chi connectivity index (χ4n) is 2.04. The maximum Gasteiger partial charge on any atom is 0.360 e. The smallest absolute Gasteiger partial charge is 0.360 e. The molecule has 156 valence electrons. The van der Waals surface area contributed by atoms with Crippen LogP contribution in [-0.4, -0.2) is 52.0 Å². The molecule has 0 fully saturated rings. The number of sulfonamides is 1. The minimum atomic E-state index is -4.52. The SMILES string of the molecule is COc1nn(C(=O)NS(=O)(=O)c2c(C(=O)O)csc2C)c(=O)n1C.c1cscn1. The van der Waals surface area contributed by atoms with Crippen molar-refractivity contribution in [3.8, 4) is 6.01 Å². The average molecular weight is 462 g/mol. The van der Waals surface area contributed by atoms with E-state index in [9.17, 15) is 22.8 Å². The number of rotatable bonds is 4. The van der Waals surface area contributed by atoms with E-state index < -0.39 is 38.2 Å². The van der Waals surface area contributed by atoms with Crippen LogP contribution in [0.25, 0.3) is 0 Å². The predicted molar refractivity (Wildman–Crippen MR) is 103 cm³/mol. The summed E-state index contributed by atoms with van der Waals surface area (Å²) in [5.74, 6) is -1.45. The van der Waals surface area contributed by atoms with Crippen LogP contribution in [0.15, 0.2) is 32.2 Å². The normalized spacial score (nSPS) is 10.7. The first-order chi connectivity index (χ1) is 13.6. The Bertz CT molecular complexity index is 1160. The largest absolute Gasteiger partial charge is 0.478 e. The standard InChI is InChI=1S/C11H12N4O7S2.C3H3NS/c1-5-7(6(4-23-5)8(16)17)24(20,21)13-9(18)15-11(19)14(2)10(12-15)22-3;1-2-5-3-4-1/h4H,1-3H3,(H,13,18)(H,16,17);1-3H. The summed E-state index contributed by atoms with van der Waals surface area (Å²) in [6.45, 7) is 1.39. The van der Waals surface area contributed by atoms with Crippen LogP contribution in [0, 0.1) is 6.92 Å². The second-order valence-electron chi connectivity index (χ2n) is 5.17. The topological polar surface area (TPSA) is 162 Å². The summed E-state index contributed by atoms with van der Waals surface area (Å²) >= 11 is 2.50. The highest BCUT2D eigenvalue weighted by Crippen LogP contribution is 2.26. The first kappa shape index (κ1) is 22.3. The summed E-state index contributed by atoms with van der Waals surface area (Å²) in [6, 6.07) is -1.56. The minimum absolute atomic E-state index is 0.179. The van der Waals surface area contributed by atoms with Crippen LogP contribution in [0.1, 0.15) is 15.2 Å². The fraction of sp³-hybridized carbons (Fsp3) is 0.214. The summed E-state index contributed by atoms with van der Waals surface area (Å²) in [6.07, 6.45) is 1.77. The molecule has 3 aromatic rings. The molecule has 15 heteroatoms. The molecule has 12 nitrogen and oxygen atoms in total. The molecule has 0 spiro atoms. The zero-order valence-corrected chi connectivity index (χ0v) is 17.7. The van der Waals surface area contributed by atoms with Crippen LogP contribution in [0.5, 0.6) is 6.01 Å². The number of ether oxygens (including phenoxy) is 1. The average Bonchev–Trinajstić information content (AvgIpc) is 3.38. The Morgan fingerprint density at radius 3 is 2.48 bits per heavy atom.